The smallest absolute Gasteiger partial charge is 0.0779 e. The third kappa shape index (κ3) is 2.09. The lowest BCUT2D eigenvalue weighted by molar-refractivity contribution is 0.0256. The van der Waals surface area contributed by atoms with Gasteiger partial charge in [0.25, 0.3) is 0 Å². The topological polar surface area (TPSA) is 35.2 Å². The third-order valence-corrected chi connectivity index (χ3v) is 7.63. The predicted octanol–water partition coefficient (Wildman–Crippen LogP) is 2.00. The van der Waals surface area contributed by atoms with Crippen LogP contribution in [0.1, 0.15) is 39.5 Å². The Morgan fingerprint density at radius 2 is 2.33 bits per heavy atom. The van der Waals surface area contributed by atoms with Gasteiger partial charge in [0, 0.05) is 0 Å². The van der Waals surface area contributed by atoms with Gasteiger partial charge in [-0.1, -0.05) is 38.3 Å². The monoisotopic (exact) mass is 187 g/mol. The molecule has 0 radical (unpaired) electrons. The van der Waals surface area contributed by atoms with Crippen LogP contribution in [-0.4, -0.2) is 14.0 Å². The largest absolute Gasteiger partial charge is 0.302 e. The Kier molecular flexibility index (Phi) is 3.74. The van der Waals surface area contributed by atoms with Crippen LogP contribution in [0.3, 0.4) is 0 Å². The van der Waals surface area contributed by atoms with Crippen molar-refractivity contribution in [3.05, 3.63) is 0 Å². The Bertz CT molecular complexity index is 142. The highest BCUT2D eigenvalue weighted by Crippen LogP contribution is 2.34. The highest BCUT2D eigenvalue weighted by molar-refractivity contribution is 6.62. The molecule has 0 saturated carbocycles. The molecule has 2 nitrogen and oxygen atoms in total. The Hall–Kier alpha value is 0.137. The van der Waals surface area contributed by atoms with Gasteiger partial charge < -0.3 is 4.84 Å². The van der Waals surface area contributed by atoms with Crippen LogP contribution in [0.25, 0.3) is 0 Å². The first-order chi connectivity index (χ1) is 5.73. The fourth-order valence-electron chi connectivity index (χ4n) is 2.26. The molecule has 0 aromatic carbocycles. The highest BCUT2D eigenvalue weighted by atomic mass is 28.3. The third-order valence-electron chi connectivity index (χ3n) is 3.26. The number of unbranched alkanes of at least 4 members (excludes halogenated alkanes) is 1. The number of nitrogens with two attached hydrogens (primary N) is 1. The Morgan fingerprint density at radius 3 is 2.92 bits per heavy atom. The molecule has 2 atom stereocenters. The molecule has 72 valence electrons. The zero-order valence-corrected chi connectivity index (χ0v) is 9.46. The maximum Gasteiger partial charge on any atom is 0.0779 e. The molecule has 12 heavy (non-hydrogen) atoms. The number of rotatable bonds is 4. The van der Waals surface area contributed by atoms with Crippen LogP contribution in [0.15, 0.2) is 0 Å². The van der Waals surface area contributed by atoms with Gasteiger partial charge in [0.05, 0.1) is 14.0 Å². The average Bonchev–Trinajstić information content (AvgIpc) is 2.45. The lowest BCUT2D eigenvalue weighted by atomic mass is 10.2. The lowest BCUT2D eigenvalue weighted by Crippen LogP contribution is -2.42. The molecule has 2 N–H and O–H groups in total. The van der Waals surface area contributed by atoms with E-state index in [1.807, 2.05) is 0 Å². The zero-order valence-electron chi connectivity index (χ0n) is 8.31. The summed E-state index contributed by atoms with van der Waals surface area (Å²) < 4.78 is 0. The van der Waals surface area contributed by atoms with E-state index in [4.69, 9.17) is 10.7 Å². The van der Waals surface area contributed by atoms with Crippen LogP contribution in [0.5, 0.6) is 0 Å². The van der Waals surface area contributed by atoms with E-state index < -0.39 is 8.80 Å². The second-order valence-electron chi connectivity index (χ2n) is 4.16. The van der Waals surface area contributed by atoms with Gasteiger partial charge in [0.1, 0.15) is 0 Å². The van der Waals surface area contributed by atoms with E-state index in [1.54, 1.807) is 0 Å². The molecule has 1 fully saturated rings. The summed E-state index contributed by atoms with van der Waals surface area (Å²) in [5.41, 5.74) is 0. The van der Waals surface area contributed by atoms with Crippen molar-refractivity contribution >= 4 is 8.80 Å². The molecule has 1 saturated heterocycles. The summed E-state index contributed by atoms with van der Waals surface area (Å²) in [5, 5.41) is 0.120. The van der Waals surface area contributed by atoms with E-state index in [-0.39, 0.29) is 5.22 Å². The molecule has 0 aliphatic carbocycles. The van der Waals surface area contributed by atoms with Gasteiger partial charge in [0.2, 0.25) is 0 Å². The van der Waals surface area contributed by atoms with Gasteiger partial charge in [-0.25, -0.2) is 5.90 Å². The molecular weight excluding hydrogens is 166 g/mol. The van der Waals surface area contributed by atoms with E-state index in [1.165, 1.54) is 37.8 Å². The zero-order chi connectivity index (χ0) is 9.03. The van der Waals surface area contributed by atoms with Crippen molar-refractivity contribution in [1.29, 1.82) is 0 Å². The van der Waals surface area contributed by atoms with Crippen molar-refractivity contribution in [2.24, 2.45) is 5.90 Å². The van der Waals surface area contributed by atoms with Crippen LogP contribution < -0.4 is 5.90 Å². The molecule has 3 heteroatoms. The van der Waals surface area contributed by atoms with E-state index in [0.717, 1.165) is 0 Å². The molecular formula is C9H21NOSi. The van der Waals surface area contributed by atoms with E-state index in [2.05, 4.69) is 13.8 Å². The van der Waals surface area contributed by atoms with Gasteiger partial charge in [-0.15, -0.1) is 0 Å². The van der Waals surface area contributed by atoms with Crippen molar-refractivity contribution in [2.75, 3.05) is 0 Å². The fraction of sp³-hybridized carbons (Fsp3) is 1.00. The second-order valence-corrected chi connectivity index (χ2v) is 7.93. The highest BCUT2D eigenvalue weighted by Gasteiger charge is 2.39. The maximum atomic E-state index is 5.36. The molecule has 0 bridgehead atoms. The van der Waals surface area contributed by atoms with Crippen molar-refractivity contribution in [3.63, 3.8) is 0 Å². The lowest BCUT2D eigenvalue weighted by Gasteiger charge is -2.27. The van der Waals surface area contributed by atoms with Gasteiger partial charge >= 0.3 is 0 Å². The van der Waals surface area contributed by atoms with Gasteiger partial charge in [-0.3, -0.25) is 0 Å². The second kappa shape index (κ2) is 4.39. The molecule has 2 unspecified atom stereocenters. The fourth-order valence-corrected chi connectivity index (χ4v) is 6.18. The number of hydrogen-bond donors (Lipinski definition) is 1. The summed E-state index contributed by atoms with van der Waals surface area (Å²) in [6, 6.07) is 2.86. The van der Waals surface area contributed by atoms with Crippen LogP contribution in [0.4, 0.5) is 0 Å². The summed E-state index contributed by atoms with van der Waals surface area (Å²) in [4.78, 5) is 5.17. The predicted molar refractivity (Wildman–Crippen MR) is 54.6 cm³/mol. The molecule has 1 heterocycles. The Morgan fingerprint density at radius 1 is 1.58 bits per heavy atom. The summed E-state index contributed by atoms with van der Waals surface area (Å²) in [7, 11) is -0.676. The molecule has 0 aromatic heterocycles. The summed E-state index contributed by atoms with van der Waals surface area (Å²) >= 11 is 0. The van der Waals surface area contributed by atoms with Crippen molar-refractivity contribution in [2.45, 2.75) is 56.8 Å². The molecule has 0 spiro atoms. The quantitative estimate of drug-likeness (QED) is 0.539. The first-order valence-corrected chi connectivity index (χ1v) is 7.32. The van der Waals surface area contributed by atoms with Gasteiger partial charge in [-0.05, 0) is 13.3 Å². The van der Waals surface area contributed by atoms with Crippen molar-refractivity contribution < 1.29 is 4.84 Å². The Balaban J connectivity index is 2.40. The van der Waals surface area contributed by atoms with Crippen LogP contribution in [0, 0.1) is 0 Å². The summed E-state index contributed by atoms with van der Waals surface area (Å²) in [6.07, 6.45) is 5.22. The van der Waals surface area contributed by atoms with Gasteiger partial charge in [0.15, 0.2) is 0 Å². The minimum Gasteiger partial charge on any atom is -0.302 e. The Labute approximate surface area is 77.0 Å². The van der Waals surface area contributed by atoms with Crippen LogP contribution in [0.2, 0.25) is 12.1 Å². The maximum absolute atomic E-state index is 5.36. The standard InChI is InChI=1S/C9H21NOSi/c1-3-4-7-12-8-5-6-9(12,2)11-10/h12H,3-8,10H2,1-2H3. The van der Waals surface area contributed by atoms with E-state index in [9.17, 15) is 0 Å². The molecule has 1 aliphatic rings. The summed E-state index contributed by atoms with van der Waals surface area (Å²) in [5.74, 6) is 5.36. The van der Waals surface area contributed by atoms with Crippen molar-refractivity contribution in [3.8, 4) is 0 Å². The number of hydrogen-bond acceptors (Lipinski definition) is 2. The van der Waals surface area contributed by atoms with Crippen molar-refractivity contribution in [1.82, 2.24) is 0 Å². The van der Waals surface area contributed by atoms with Gasteiger partial charge in [-0.2, -0.15) is 0 Å². The normalized spacial score (nSPS) is 35.8. The molecule has 0 amide bonds. The first kappa shape index (κ1) is 10.2. The minimum atomic E-state index is -0.676. The SMILES string of the molecule is CCCC[SiH]1CCCC1(C)ON. The molecule has 1 aliphatic heterocycles. The molecule has 1 rings (SSSR count). The average molecular weight is 187 g/mol. The van der Waals surface area contributed by atoms with Crippen LogP contribution >= 0.6 is 0 Å². The van der Waals surface area contributed by atoms with E-state index in [0.29, 0.717) is 0 Å². The van der Waals surface area contributed by atoms with E-state index >= 15 is 0 Å². The summed E-state index contributed by atoms with van der Waals surface area (Å²) in [6.45, 7) is 4.47. The van der Waals surface area contributed by atoms with Crippen LogP contribution in [-0.2, 0) is 4.84 Å². The first-order valence-electron chi connectivity index (χ1n) is 5.11. The minimum absolute atomic E-state index is 0.120. The molecule has 0 aromatic rings.